The molecule has 0 aromatic carbocycles. The van der Waals surface area contributed by atoms with Crippen molar-refractivity contribution in [3.8, 4) is 0 Å². The Hall–Kier alpha value is -1.65. The molecule has 0 aliphatic heterocycles. The predicted molar refractivity (Wildman–Crippen MR) is 94.4 cm³/mol. The van der Waals surface area contributed by atoms with Crippen molar-refractivity contribution >= 4 is 24.6 Å². The summed E-state index contributed by atoms with van der Waals surface area (Å²) in [6, 6.07) is 0. The first-order valence-corrected chi connectivity index (χ1v) is 9.95. The molecular weight excluding hydrogens is 363 g/mol. The maximum absolute atomic E-state index is 12.8. The molecule has 0 aliphatic carbocycles. The van der Waals surface area contributed by atoms with Crippen LogP contribution in [-0.2, 0) is 24.9 Å². The molecular formula is C14H25N6O5P. The molecule has 0 bridgehead atoms. The Morgan fingerprint density at radius 3 is 2.38 bits per heavy atom. The standard InChI is InChI=1S/C14H25N6O5P/c1-9(2)24-26(22,25-10(3)4)8-23-11(6-21)5-20-18-12-13(15)16-7-17-14(12)19-20/h7,9-11,21H,5-6,8H2,1-4H3,(H2,15,16,17,19)/t11-/m0/s1. The van der Waals surface area contributed by atoms with Gasteiger partial charge in [0, 0.05) is 0 Å². The lowest BCUT2D eigenvalue weighted by Crippen LogP contribution is -2.26. The number of nitrogens with zero attached hydrogens (tertiary/aromatic N) is 5. The van der Waals surface area contributed by atoms with E-state index in [1.54, 1.807) is 27.7 Å². The first kappa shape index (κ1) is 20.7. The summed E-state index contributed by atoms with van der Waals surface area (Å²) in [6.45, 7) is 6.79. The molecule has 0 fully saturated rings. The van der Waals surface area contributed by atoms with E-state index in [2.05, 4.69) is 20.2 Å². The van der Waals surface area contributed by atoms with Gasteiger partial charge < -0.3 is 24.6 Å². The highest BCUT2D eigenvalue weighted by atomic mass is 31.2. The van der Waals surface area contributed by atoms with Crippen LogP contribution in [-0.4, -0.2) is 61.3 Å². The average molecular weight is 388 g/mol. The minimum atomic E-state index is -3.47. The minimum Gasteiger partial charge on any atom is -0.394 e. The quantitative estimate of drug-likeness (QED) is 0.568. The third kappa shape index (κ3) is 5.68. The van der Waals surface area contributed by atoms with E-state index in [-0.39, 0.29) is 37.5 Å². The molecule has 0 aliphatic rings. The summed E-state index contributed by atoms with van der Waals surface area (Å²) in [5.74, 6) is 0.211. The molecule has 11 nitrogen and oxygen atoms in total. The number of rotatable bonds is 10. The van der Waals surface area contributed by atoms with Crippen LogP contribution in [0.1, 0.15) is 27.7 Å². The van der Waals surface area contributed by atoms with E-state index in [0.29, 0.717) is 11.2 Å². The van der Waals surface area contributed by atoms with E-state index < -0.39 is 13.7 Å². The number of aliphatic hydroxyl groups excluding tert-OH is 1. The van der Waals surface area contributed by atoms with Crippen molar-refractivity contribution in [3.05, 3.63) is 6.33 Å². The summed E-state index contributed by atoms with van der Waals surface area (Å²) >= 11 is 0. The van der Waals surface area contributed by atoms with Gasteiger partial charge in [-0.05, 0) is 27.7 Å². The van der Waals surface area contributed by atoms with Crippen molar-refractivity contribution in [1.29, 1.82) is 0 Å². The predicted octanol–water partition coefficient (Wildman–Crippen LogP) is 1.18. The topological polar surface area (TPSA) is 148 Å². The normalized spacial score (nSPS) is 13.8. The van der Waals surface area contributed by atoms with E-state index in [4.69, 9.17) is 19.5 Å². The lowest BCUT2D eigenvalue weighted by atomic mass is 10.4. The number of anilines is 1. The van der Waals surface area contributed by atoms with E-state index in [1.165, 1.54) is 11.1 Å². The van der Waals surface area contributed by atoms with Crippen molar-refractivity contribution in [1.82, 2.24) is 25.0 Å². The van der Waals surface area contributed by atoms with Crippen LogP contribution in [0.25, 0.3) is 11.2 Å². The van der Waals surface area contributed by atoms with Gasteiger partial charge in [-0.1, -0.05) is 0 Å². The number of hydrogen-bond acceptors (Lipinski definition) is 10. The number of nitrogens with two attached hydrogens (primary N) is 1. The summed E-state index contributed by atoms with van der Waals surface area (Å²) in [5, 5.41) is 17.9. The van der Waals surface area contributed by atoms with Gasteiger partial charge in [-0.2, -0.15) is 4.80 Å². The molecule has 0 saturated heterocycles. The van der Waals surface area contributed by atoms with Crippen molar-refractivity contribution in [2.45, 2.75) is 52.6 Å². The summed E-state index contributed by atoms with van der Waals surface area (Å²) in [4.78, 5) is 9.12. The van der Waals surface area contributed by atoms with Gasteiger partial charge in [-0.15, -0.1) is 10.2 Å². The molecule has 0 saturated carbocycles. The molecule has 0 spiro atoms. The summed E-state index contributed by atoms with van der Waals surface area (Å²) < 4.78 is 29.1. The minimum absolute atomic E-state index is 0.107. The van der Waals surface area contributed by atoms with Gasteiger partial charge in [0.05, 0.1) is 25.4 Å². The first-order valence-electron chi connectivity index (χ1n) is 8.22. The highest BCUT2D eigenvalue weighted by Gasteiger charge is 2.30. The Labute approximate surface area is 151 Å². The van der Waals surface area contributed by atoms with Crippen LogP contribution in [0.2, 0.25) is 0 Å². The Morgan fingerprint density at radius 2 is 1.85 bits per heavy atom. The summed E-state index contributed by atoms with van der Waals surface area (Å²) in [5.41, 5.74) is 6.42. The van der Waals surface area contributed by atoms with Crippen molar-refractivity contribution in [2.75, 3.05) is 18.7 Å². The number of aromatic nitrogens is 5. The molecule has 26 heavy (non-hydrogen) atoms. The van der Waals surface area contributed by atoms with Crippen LogP contribution in [0.5, 0.6) is 0 Å². The van der Waals surface area contributed by atoms with Gasteiger partial charge in [-0.25, -0.2) is 9.97 Å². The zero-order valence-electron chi connectivity index (χ0n) is 15.3. The van der Waals surface area contributed by atoms with Gasteiger partial charge in [0.1, 0.15) is 18.8 Å². The van der Waals surface area contributed by atoms with E-state index >= 15 is 0 Å². The molecule has 0 unspecified atom stereocenters. The zero-order valence-corrected chi connectivity index (χ0v) is 16.2. The molecule has 0 radical (unpaired) electrons. The second kappa shape index (κ2) is 8.83. The van der Waals surface area contributed by atoms with E-state index in [9.17, 15) is 9.67 Å². The summed E-state index contributed by atoms with van der Waals surface area (Å²) in [7, 11) is -3.47. The lowest BCUT2D eigenvalue weighted by Gasteiger charge is -2.24. The monoisotopic (exact) mass is 388 g/mol. The van der Waals surface area contributed by atoms with Gasteiger partial charge in [0.25, 0.3) is 0 Å². The van der Waals surface area contributed by atoms with Crippen LogP contribution < -0.4 is 5.73 Å². The third-order valence-corrected chi connectivity index (χ3v) is 4.99. The Bertz CT molecular complexity index is 753. The van der Waals surface area contributed by atoms with Crippen molar-refractivity contribution in [3.63, 3.8) is 0 Å². The average Bonchev–Trinajstić information content (AvgIpc) is 2.94. The maximum atomic E-state index is 12.8. The number of nitrogen functional groups attached to an aromatic ring is 1. The molecule has 146 valence electrons. The lowest BCUT2D eigenvalue weighted by molar-refractivity contribution is 0.00675. The Morgan fingerprint density at radius 1 is 1.19 bits per heavy atom. The third-order valence-electron chi connectivity index (χ3n) is 3.04. The molecule has 1 atom stereocenters. The number of hydrogen-bond donors (Lipinski definition) is 2. The fourth-order valence-electron chi connectivity index (χ4n) is 2.15. The number of fused-ring (bicyclic) bond motifs is 1. The molecule has 2 aromatic heterocycles. The van der Waals surface area contributed by atoms with Crippen molar-refractivity contribution in [2.24, 2.45) is 0 Å². The molecule has 0 amide bonds. The molecule has 2 heterocycles. The second-order valence-corrected chi connectivity index (χ2v) is 8.11. The fourth-order valence-corrected chi connectivity index (χ4v) is 4.00. The van der Waals surface area contributed by atoms with Crippen LogP contribution in [0.15, 0.2) is 6.33 Å². The maximum Gasteiger partial charge on any atom is 0.356 e. The smallest absolute Gasteiger partial charge is 0.356 e. The van der Waals surface area contributed by atoms with Gasteiger partial charge >= 0.3 is 7.60 Å². The molecule has 2 rings (SSSR count). The fraction of sp³-hybridized carbons (Fsp3) is 0.714. The SMILES string of the molecule is CC(C)OP(=O)(CO[C@H](CO)Cn1nc2ncnc(N)c2n1)OC(C)C. The van der Waals surface area contributed by atoms with Crippen molar-refractivity contribution < 1.29 is 23.5 Å². The Balaban J connectivity index is 2.05. The molecule has 12 heteroatoms. The first-order chi connectivity index (χ1) is 12.2. The number of ether oxygens (including phenoxy) is 1. The highest BCUT2D eigenvalue weighted by Crippen LogP contribution is 2.50. The van der Waals surface area contributed by atoms with E-state index in [0.717, 1.165) is 0 Å². The second-order valence-electron chi connectivity index (χ2n) is 6.21. The van der Waals surface area contributed by atoms with Crippen LogP contribution in [0, 0.1) is 0 Å². The van der Waals surface area contributed by atoms with Crippen LogP contribution in [0.4, 0.5) is 5.82 Å². The van der Waals surface area contributed by atoms with Crippen LogP contribution >= 0.6 is 7.60 Å². The largest absolute Gasteiger partial charge is 0.394 e. The van der Waals surface area contributed by atoms with E-state index in [1.807, 2.05) is 0 Å². The molecule has 3 N–H and O–H groups in total. The highest BCUT2D eigenvalue weighted by molar-refractivity contribution is 7.53. The Kier molecular flexibility index (Phi) is 7.01. The van der Waals surface area contributed by atoms with Gasteiger partial charge in [0.15, 0.2) is 11.3 Å². The number of aliphatic hydroxyl groups is 1. The molecule has 2 aromatic rings. The summed E-state index contributed by atoms with van der Waals surface area (Å²) in [6.07, 6.45) is -0.312. The van der Waals surface area contributed by atoms with Gasteiger partial charge in [-0.3, -0.25) is 4.57 Å². The van der Waals surface area contributed by atoms with Crippen LogP contribution in [0.3, 0.4) is 0 Å². The van der Waals surface area contributed by atoms with Gasteiger partial charge in [0.2, 0.25) is 5.65 Å². The zero-order chi connectivity index (χ0) is 19.3.